The Balaban J connectivity index is 2.52. The fourth-order valence-electron chi connectivity index (χ4n) is 1.39. The highest BCUT2D eigenvalue weighted by molar-refractivity contribution is 7.09. The highest BCUT2D eigenvalue weighted by Crippen LogP contribution is 2.09. The number of terminal acetylenes is 1. The van der Waals surface area contributed by atoms with E-state index in [1.165, 1.54) is 21.6 Å². The number of carboxylic acids is 1. The molecule has 0 aromatic carbocycles. The Morgan fingerprint density at radius 3 is 2.89 bits per heavy atom. The fourth-order valence-corrected chi connectivity index (χ4v) is 2.09. The number of thiazole rings is 1. The molecule has 19 heavy (non-hydrogen) atoms. The number of hydrogen-bond donors (Lipinski definition) is 2. The van der Waals surface area contributed by atoms with Crippen LogP contribution in [0.2, 0.25) is 0 Å². The van der Waals surface area contributed by atoms with Crippen molar-refractivity contribution in [1.29, 1.82) is 0 Å². The summed E-state index contributed by atoms with van der Waals surface area (Å²) < 4.78 is 0. The van der Waals surface area contributed by atoms with E-state index in [1.54, 1.807) is 0 Å². The van der Waals surface area contributed by atoms with E-state index < -0.39 is 5.97 Å². The third kappa shape index (κ3) is 4.60. The zero-order valence-electron chi connectivity index (χ0n) is 10.5. The van der Waals surface area contributed by atoms with Gasteiger partial charge in [-0.1, -0.05) is 12.8 Å². The molecule has 0 aliphatic rings. The molecule has 0 aliphatic carbocycles. The van der Waals surface area contributed by atoms with Crippen LogP contribution in [0.4, 0.5) is 4.79 Å². The maximum atomic E-state index is 11.8. The minimum absolute atomic E-state index is 0.0108. The van der Waals surface area contributed by atoms with Gasteiger partial charge in [-0.25, -0.2) is 14.6 Å². The molecule has 1 rings (SSSR count). The second-order valence-electron chi connectivity index (χ2n) is 3.72. The average molecular weight is 281 g/mol. The van der Waals surface area contributed by atoms with Crippen LogP contribution in [0.3, 0.4) is 0 Å². The Labute approximate surface area is 115 Å². The van der Waals surface area contributed by atoms with Crippen LogP contribution in [-0.2, 0) is 6.54 Å². The van der Waals surface area contributed by atoms with Gasteiger partial charge in [-0.3, -0.25) is 0 Å². The SMILES string of the molecule is C#CCN(CCC)C(=O)NCc1nc(C(=O)O)cs1. The van der Waals surface area contributed by atoms with Gasteiger partial charge in [-0.2, -0.15) is 0 Å². The van der Waals surface area contributed by atoms with E-state index in [1.807, 2.05) is 6.92 Å². The second-order valence-corrected chi connectivity index (χ2v) is 4.66. The zero-order valence-corrected chi connectivity index (χ0v) is 11.4. The molecule has 0 atom stereocenters. The number of rotatable bonds is 6. The zero-order chi connectivity index (χ0) is 14.3. The van der Waals surface area contributed by atoms with Crippen molar-refractivity contribution in [2.24, 2.45) is 0 Å². The first-order valence-electron chi connectivity index (χ1n) is 5.72. The topological polar surface area (TPSA) is 82.5 Å². The van der Waals surface area contributed by atoms with Crippen molar-refractivity contribution in [3.8, 4) is 12.3 Å². The average Bonchev–Trinajstić information content (AvgIpc) is 2.84. The Hall–Kier alpha value is -2.07. The van der Waals surface area contributed by atoms with Crippen molar-refractivity contribution in [3.63, 3.8) is 0 Å². The quantitative estimate of drug-likeness (QED) is 0.772. The lowest BCUT2D eigenvalue weighted by Crippen LogP contribution is -2.40. The van der Waals surface area contributed by atoms with Crippen LogP contribution in [-0.4, -0.2) is 40.1 Å². The van der Waals surface area contributed by atoms with Gasteiger partial charge in [0.2, 0.25) is 0 Å². The maximum absolute atomic E-state index is 11.8. The van der Waals surface area contributed by atoms with Crippen molar-refractivity contribution >= 4 is 23.3 Å². The maximum Gasteiger partial charge on any atom is 0.355 e. The van der Waals surface area contributed by atoms with Gasteiger partial charge >= 0.3 is 12.0 Å². The number of urea groups is 1. The van der Waals surface area contributed by atoms with Crippen LogP contribution in [0.25, 0.3) is 0 Å². The predicted molar refractivity (Wildman–Crippen MR) is 72.0 cm³/mol. The predicted octanol–water partition coefficient (Wildman–Crippen LogP) is 1.40. The highest BCUT2D eigenvalue weighted by atomic mass is 32.1. The van der Waals surface area contributed by atoms with E-state index >= 15 is 0 Å². The lowest BCUT2D eigenvalue weighted by Gasteiger charge is -2.19. The van der Waals surface area contributed by atoms with Gasteiger partial charge in [0, 0.05) is 11.9 Å². The van der Waals surface area contributed by atoms with Crippen LogP contribution in [0.5, 0.6) is 0 Å². The van der Waals surface area contributed by atoms with Gasteiger partial charge in [0.25, 0.3) is 0 Å². The van der Waals surface area contributed by atoms with E-state index in [0.717, 1.165) is 6.42 Å². The smallest absolute Gasteiger partial charge is 0.355 e. The number of carbonyl (C=O) groups is 2. The van der Waals surface area contributed by atoms with Crippen molar-refractivity contribution in [2.75, 3.05) is 13.1 Å². The van der Waals surface area contributed by atoms with Crippen LogP contribution < -0.4 is 5.32 Å². The van der Waals surface area contributed by atoms with E-state index in [0.29, 0.717) is 11.6 Å². The van der Waals surface area contributed by atoms with Gasteiger partial charge in [-0.05, 0) is 6.42 Å². The summed E-state index contributed by atoms with van der Waals surface area (Å²) in [7, 11) is 0. The molecule has 2 amide bonds. The number of carboxylic acid groups (broad SMARTS) is 1. The van der Waals surface area contributed by atoms with Crippen molar-refractivity contribution in [3.05, 3.63) is 16.1 Å². The monoisotopic (exact) mass is 281 g/mol. The van der Waals surface area contributed by atoms with E-state index in [9.17, 15) is 9.59 Å². The summed E-state index contributed by atoms with van der Waals surface area (Å²) in [6.07, 6.45) is 6.01. The largest absolute Gasteiger partial charge is 0.476 e. The second kappa shape index (κ2) is 7.38. The number of aromatic carboxylic acids is 1. The molecule has 7 heteroatoms. The molecule has 0 spiro atoms. The molecule has 1 aromatic rings. The molecule has 0 saturated carbocycles. The minimum Gasteiger partial charge on any atom is -0.476 e. The Morgan fingerprint density at radius 2 is 2.37 bits per heavy atom. The number of aromatic nitrogens is 1. The number of hydrogen-bond acceptors (Lipinski definition) is 4. The van der Waals surface area contributed by atoms with Crippen LogP contribution in [0.1, 0.15) is 28.8 Å². The molecule has 0 radical (unpaired) electrons. The minimum atomic E-state index is -1.08. The molecule has 0 unspecified atom stereocenters. The molecule has 0 bridgehead atoms. The van der Waals surface area contributed by atoms with Crippen molar-refractivity contribution in [1.82, 2.24) is 15.2 Å². The molecule has 0 saturated heterocycles. The Kier molecular flexibility index (Phi) is 5.82. The van der Waals surface area contributed by atoms with Gasteiger partial charge < -0.3 is 15.3 Å². The van der Waals surface area contributed by atoms with E-state index in [2.05, 4.69) is 16.2 Å². The molecule has 0 aliphatic heterocycles. The van der Waals surface area contributed by atoms with Crippen molar-refractivity contribution in [2.45, 2.75) is 19.9 Å². The first kappa shape index (κ1) is 15.0. The summed E-state index contributed by atoms with van der Waals surface area (Å²) in [5.41, 5.74) is -0.0108. The van der Waals surface area contributed by atoms with Gasteiger partial charge in [0.05, 0.1) is 13.1 Å². The first-order chi connectivity index (χ1) is 9.08. The number of carbonyl (C=O) groups excluding carboxylic acids is 1. The lowest BCUT2D eigenvalue weighted by molar-refractivity contribution is 0.0691. The number of nitrogens with zero attached hydrogens (tertiary/aromatic N) is 2. The van der Waals surface area contributed by atoms with Crippen LogP contribution in [0.15, 0.2) is 5.38 Å². The summed E-state index contributed by atoms with van der Waals surface area (Å²) in [4.78, 5) is 27.9. The summed E-state index contributed by atoms with van der Waals surface area (Å²) >= 11 is 1.19. The summed E-state index contributed by atoms with van der Waals surface area (Å²) in [5, 5.41) is 13.4. The number of amides is 2. The molecule has 0 fully saturated rings. The molecule has 1 aromatic heterocycles. The van der Waals surface area contributed by atoms with Gasteiger partial charge in [0.1, 0.15) is 5.01 Å². The third-order valence-electron chi connectivity index (χ3n) is 2.22. The highest BCUT2D eigenvalue weighted by Gasteiger charge is 2.13. The van der Waals surface area contributed by atoms with Crippen LogP contribution in [0, 0.1) is 12.3 Å². The fraction of sp³-hybridized carbons (Fsp3) is 0.417. The molecular formula is C12H15N3O3S. The third-order valence-corrected chi connectivity index (χ3v) is 3.07. The normalized spacial score (nSPS) is 9.68. The Bertz CT molecular complexity index is 493. The molecule has 6 nitrogen and oxygen atoms in total. The van der Waals surface area contributed by atoms with E-state index in [-0.39, 0.29) is 24.8 Å². The molecule has 2 N–H and O–H groups in total. The van der Waals surface area contributed by atoms with Crippen molar-refractivity contribution < 1.29 is 14.7 Å². The lowest BCUT2D eigenvalue weighted by atomic mass is 10.4. The van der Waals surface area contributed by atoms with Gasteiger partial charge in [-0.15, -0.1) is 17.8 Å². The standard InChI is InChI=1S/C12H15N3O3S/c1-3-5-15(6-4-2)12(18)13-7-10-14-9(8-19-10)11(16)17/h1,8H,4-7H2,2H3,(H,13,18)(H,16,17). The first-order valence-corrected chi connectivity index (χ1v) is 6.60. The van der Waals surface area contributed by atoms with Gasteiger partial charge in [0.15, 0.2) is 5.69 Å². The molecule has 102 valence electrons. The summed E-state index contributed by atoms with van der Waals surface area (Å²) in [6.45, 7) is 2.98. The number of nitrogens with one attached hydrogen (secondary N) is 1. The Morgan fingerprint density at radius 1 is 1.63 bits per heavy atom. The van der Waals surface area contributed by atoms with E-state index in [4.69, 9.17) is 11.5 Å². The molecular weight excluding hydrogens is 266 g/mol. The van der Waals surface area contributed by atoms with Crippen LogP contribution >= 0.6 is 11.3 Å². The molecule has 1 heterocycles. The summed E-state index contributed by atoms with van der Waals surface area (Å²) in [5.74, 6) is 1.35. The summed E-state index contributed by atoms with van der Waals surface area (Å²) in [6, 6.07) is -0.271.